The van der Waals surface area contributed by atoms with Gasteiger partial charge in [0, 0.05) is 16.3 Å². The standard InChI is InChI=1S/C37H33BF10NOP/c1-14-9-16(3)35(17(4)10-14)51(36-18(5)11-15(2)12-19(36)6)37-21-8-7-20(13-21)22(37)38(49(51)50,23-25(39)29(43)33(47)30(44)26(23)40)24-27(41)31(45)34(48)32(46)28(24)42/h9-12,20-22,37,50H,7-8,13H2,1-6H3/t20-,21+,22+,37+/m0/s1. The number of halogens is 10. The van der Waals surface area contributed by atoms with Crippen molar-refractivity contribution in [3.05, 3.63) is 116 Å². The van der Waals surface area contributed by atoms with Crippen LogP contribution in [0.1, 0.15) is 52.6 Å². The molecule has 1 aliphatic heterocycles. The first kappa shape index (κ1) is 35.8. The molecule has 4 atom stereocenters. The largest absolute Gasteiger partial charge is 0.377 e. The van der Waals surface area contributed by atoms with E-state index in [1.807, 2.05) is 0 Å². The monoisotopic (exact) mass is 739 g/mol. The predicted molar refractivity (Wildman–Crippen MR) is 175 cm³/mol. The van der Waals surface area contributed by atoms with Crippen LogP contribution in [0, 0.1) is 112 Å². The van der Waals surface area contributed by atoms with E-state index in [-0.39, 0.29) is 12.8 Å². The zero-order valence-corrected chi connectivity index (χ0v) is 29.3. The van der Waals surface area contributed by atoms with Crippen molar-refractivity contribution in [1.82, 2.24) is 0 Å². The number of benzene rings is 4. The van der Waals surface area contributed by atoms with Gasteiger partial charge in [-0.1, -0.05) is 64.5 Å². The van der Waals surface area contributed by atoms with Gasteiger partial charge in [0.1, 0.15) is 30.3 Å². The molecule has 0 radical (unpaired) electrons. The van der Waals surface area contributed by atoms with E-state index in [2.05, 4.69) is 0 Å². The second-order valence-electron chi connectivity index (χ2n) is 14.8. The Morgan fingerprint density at radius 3 is 1.20 bits per heavy atom. The van der Waals surface area contributed by atoms with Gasteiger partial charge >= 0.3 is 6.28 Å². The van der Waals surface area contributed by atoms with Gasteiger partial charge in [0.15, 0.2) is 34.9 Å². The lowest BCUT2D eigenvalue weighted by Gasteiger charge is -2.40. The Bertz CT molecular complexity index is 2060. The van der Waals surface area contributed by atoms with Crippen LogP contribution in [-0.2, 0) is 0 Å². The summed E-state index contributed by atoms with van der Waals surface area (Å²) in [6.45, 7) is 10.5. The number of hydrogen-bond acceptors (Lipinski definition) is 0. The van der Waals surface area contributed by atoms with Gasteiger partial charge in [-0.2, -0.15) is 5.21 Å². The van der Waals surface area contributed by atoms with Crippen molar-refractivity contribution in [3.8, 4) is 0 Å². The molecule has 51 heavy (non-hydrogen) atoms. The van der Waals surface area contributed by atoms with Gasteiger partial charge in [-0.3, -0.25) is 4.40 Å². The summed E-state index contributed by atoms with van der Waals surface area (Å²) in [5.41, 5.74) is -0.791. The van der Waals surface area contributed by atoms with E-state index in [4.69, 9.17) is 0 Å². The third-order valence-electron chi connectivity index (χ3n) is 11.9. The van der Waals surface area contributed by atoms with Crippen molar-refractivity contribution in [2.24, 2.45) is 11.8 Å². The summed E-state index contributed by atoms with van der Waals surface area (Å²) in [7, 11) is -4.02. The van der Waals surface area contributed by atoms with Crippen LogP contribution in [0.4, 0.5) is 43.9 Å². The summed E-state index contributed by atoms with van der Waals surface area (Å²) in [5.74, 6) is -27.9. The minimum Gasteiger partial charge on any atom is -0.294 e. The molecule has 2 aliphatic carbocycles. The smallest absolute Gasteiger partial charge is 0.294 e. The Morgan fingerprint density at radius 2 is 0.843 bits per heavy atom. The zero-order valence-electron chi connectivity index (χ0n) is 28.4. The maximum atomic E-state index is 16.5. The Morgan fingerprint density at radius 1 is 0.529 bits per heavy atom. The van der Waals surface area contributed by atoms with Gasteiger partial charge in [0.05, 0.1) is 0 Å². The van der Waals surface area contributed by atoms with Crippen LogP contribution in [0.3, 0.4) is 0 Å². The average molecular weight is 739 g/mol. The fourth-order valence-corrected chi connectivity index (χ4v) is 17.7. The summed E-state index contributed by atoms with van der Waals surface area (Å²) in [4.78, 5) is 0. The van der Waals surface area contributed by atoms with Gasteiger partial charge < -0.3 is 0 Å². The van der Waals surface area contributed by atoms with Crippen LogP contribution in [0.25, 0.3) is 0 Å². The molecule has 4 aromatic rings. The van der Waals surface area contributed by atoms with Crippen molar-refractivity contribution in [2.75, 3.05) is 0 Å². The molecule has 1 heterocycles. The molecule has 0 amide bonds. The quantitative estimate of drug-likeness (QED) is 0.0735. The van der Waals surface area contributed by atoms with Gasteiger partial charge in [-0.25, -0.2) is 43.9 Å². The molecule has 4 aromatic carbocycles. The maximum Gasteiger partial charge on any atom is 0.377 e. The molecule has 7 rings (SSSR count). The van der Waals surface area contributed by atoms with E-state index >= 15 is 35.1 Å². The first-order valence-electron chi connectivity index (χ1n) is 16.6. The molecule has 2 fully saturated rings. The van der Waals surface area contributed by atoms with Crippen LogP contribution in [0.5, 0.6) is 0 Å². The van der Waals surface area contributed by atoms with Crippen molar-refractivity contribution in [1.29, 1.82) is 0 Å². The fraction of sp³-hybridized carbons (Fsp3) is 0.351. The SMILES string of the molecule is Cc1cc(C)c(P2(c3c(C)cc(C)cc3C)=[N+](O)[B-](c3c(F)c(F)c(F)c(F)c3F)(c3c(F)c(F)c(F)c(F)c3F)[C@@H]3[C@H]4CC[C@H](C4)[C@H]32)c(C)c1. The molecule has 270 valence electrons. The first-order chi connectivity index (χ1) is 23.9. The van der Waals surface area contributed by atoms with Crippen molar-refractivity contribution < 1.29 is 53.5 Å². The average Bonchev–Trinajstić information content (AvgIpc) is 3.73. The lowest BCUT2D eigenvalue weighted by Crippen LogP contribution is -2.72. The van der Waals surface area contributed by atoms with E-state index in [0.29, 0.717) is 43.7 Å². The van der Waals surface area contributed by atoms with E-state index in [1.165, 1.54) is 0 Å². The highest BCUT2D eigenvalue weighted by molar-refractivity contribution is 7.81. The Balaban J connectivity index is 1.89. The summed E-state index contributed by atoms with van der Waals surface area (Å²) in [5, 5.41) is 14.2. The molecule has 0 saturated heterocycles. The van der Waals surface area contributed by atoms with Crippen LogP contribution < -0.4 is 21.5 Å². The number of hydrogen-bond donors (Lipinski definition) is 1. The Kier molecular flexibility index (Phi) is 8.23. The van der Waals surface area contributed by atoms with E-state index < -0.39 is 106 Å². The van der Waals surface area contributed by atoms with E-state index in [9.17, 15) is 14.0 Å². The molecule has 14 heteroatoms. The highest BCUT2D eigenvalue weighted by atomic mass is 31.2. The lowest BCUT2D eigenvalue weighted by molar-refractivity contribution is -0.662. The molecule has 0 spiro atoms. The van der Waals surface area contributed by atoms with Crippen molar-refractivity contribution in [2.45, 2.75) is 72.3 Å². The number of rotatable bonds is 4. The van der Waals surface area contributed by atoms with E-state index in [1.54, 1.807) is 65.8 Å². The number of aryl methyl sites for hydroxylation is 6. The summed E-state index contributed by atoms with van der Waals surface area (Å²) >= 11 is 0. The van der Waals surface area contributed by atoms with Gasteiger partial charge in [-0.15, -0.1) is 0 Å². The van der Waals surface area contributed by atoms with Crippen LogP contribution >= 0.6 is 7.05 Å². The first-order valence-corrected chi connectivity index (χ1v) is 18.4. The third-order valence-corrected chi connectivity index (χ3v) is 17.3. The second-order valence-corrected chi connectivity index (χ2v) is 18.0. The van der Waals surface area contributed by atoms with E-state index in [0.717, 1.165) is 11.1 Å². The van der Waals surface area contributed by atoms with Crippen molar-refractivity contribution in [3.63, 3.8) is 0 Å². The maximum absolute atomic E-state index is 16.5. The summed E-state index contributed by atoms with van der Waals surface area (Å²) in [6.07, 6.45) is -3.62. The highest BCUT2D eigenvalue weighted by Gasteiger charge is 2.75. The van der Waals surface area contributed by atoms with Crippen molar-refractivity contribution >= 4 is 34.9 Å². The minimum atomic E-state index is -4.62. The number of nitrogens with zero attached hydrogens (tertiary/aromatic N) is 1. The molecule has 0 unspecified atom stereocenters. The highest BCUT2D eigenvalue weighted by Crippen LogP contribution is 2.75. The molecule has 2 saturated carbocycles. The van der Waals surface area contributed by atoms with Crippen LogP contribution in [0.15, 0.2) is 24.3 Å². The minimum absolute atomic E-state index is 0.256. The van der Waals surface area contributed by atoms with Crippen LogP contribution in [0.2, 0.25) is 5.82 Å². The molecular formula is C37H33BF10NOP. The second kappa shape index (κ2) is 11.7. The predicted octanol–water partition coefficient (Wildman–Crippen LogP) is 8.42. The fourth-order valence-electron chi connectivity index (χ4n) is 10.9. The molecule has 3 aliphatic rings. The van der Waals surface area contributed by atoms with Gasteiger partial charge in [0.25, 0.3) is 0 Å². The normalized spacial score (nSPS) is 23.0. The topological polar surface area (TPSA) is 23.2 Å². The Hall–Kier alpha value is -3.57. The molecule has 1 N–H and O–H groups in total. The van der Waals surface area contributed by atoms with Gasteiger partial charge in [0.2, 0.25) is 0 Å². The molecule has 2 bridgehead atoms. The molecule has 0 aromatic heterocycles. The summed E-state index contributed by atoms with van der Waals surface area (Å²) < 4.78 is 157. The van der Waals surface area contributed by atoms with Gasteiger partial charge in [-0.05, 0) is 82.6 Å². The molecule has 2 nitrogen and oxygen atoms in total. The number of fused-ring (bicyclic) bond motifs is 5. The third kappa shape index (κ3) is 4.33. The molecular weight excluding hydrogens is 706 g/mol. The van der Waals surface area contributed by atoms with Crippen LogP contribution in [-0.4, -0.2) is 21.5 Å². The zero-order chi connectivity index (χ0) is 37.4. The Labute approximate surface area is 288 Å². The lowest BCUT2D eigenvalue weighted by atomic mass is 9.20. The summed E-state index contributed by atoms with van der Waals surface area (Å²) in [6, 6.07) is 7.12.